The average Bonchev–Trinajstić information content (AvgIpc) is 2.97. The zero-order valence-electron chi connectivity index (χ0n) is 22.1. The van der Waals surface area contributed by atoms with Crippen LogP contribution in [-0.4, -0.2) is 5.11 Å². The molecular formula is C35H36N2O. The van der Waals surface area contributed by atoms with E-state index in [-0.39, 0.29) is 24.2 Å². The molecule has 38 heavy (non-hydrogen) atoms. The van der Waals surface area contributed by atoms with E-state index in [4.69, 9.17) is 0 Å². The van der Waals surface area contributed by atoms with Crippen LogP contribution in [0.2, 0.25) is 0 Å². The summed E-state index contributed by atoms with van der Waals surface area (Å²) in [5.41, 5.74) is 4.65. The number of aromatic hydroxyl groups is 1. The van der Waals surface area contributed by atoms with Crippen molar-refractivity contribution in [2.24, 2.45) is 0 Å². The van der Waals surface area contributed by atoms with Crippen molar-refractivity contribution in [2.75, 3.05) is 0 Å². The van der Waals surface area contributed by atoms with E-state index < -0.39 is 0 Å². The van der Waals surface area contributed by atoms with Crippen molar-refractivity contribution in [1.29, 1.82) is 0 Å². The number of benzene rings is 5. The van der Waals surface area contributed by atoms with E-state index in [1.54, 1.807) is 0 Å². The molecule has 3 nitrogen and oxygen atoms in total. The number of hydrogen-bond donors (Lipinski definition) is 3. The van der Waals surface area contributed by atoms with Crippen molar-refractivity contribution in [2.45, 2.75) is 44.4 Å². The predicted molar refractivity (Wildman–Crippen MR) is 158 cm³/mol. The predicted octanol–water partition coefficient (Wildman–Crippen LogP) is 8.42. The number of rotatable bonds is 10. The van der Waals surface area contributed by atoms with Gasteiger partial charge in [-0.05, 0) is 53.8 Å². The Hall–Kier alpha value is -3.92. The van der Waals surface area contributed by atoms with Gasteiger partial charge in [-0.15, -0.1) is 0 Å². The van der Waals surface area contributed by atoms with Crippen molar-refractivity contribution in [3.8, 4) is 5.75 Å². The van der Waals surface area contributed by atoms with Gasteiger partial charge < -0.3 is 15.7 Å². The quantitative estimate of drug-likeness (QED) is 0.180. The zero-order valence-corrected chi connectivity index (χ0v) is 22.1. The van der Waals surface area contributed by atoms with Crippen molar-refractivity contribution in [3.05, 3.63) is 150 Å². The van der Waals surface area contributed by atoms with Gasteiger partial charge >= 0.3 is 0 Å². The molecule has 0 saturated carbocycles. The smallest absolute Gasteiger partial charge is 0.120 e. The van der Waals surface area contributed by atoms with Gasteiger partial charge in [0.05, 0.1) is 0 Å². The van der Waals surface area contributed by atoms with Crippen molar-refractivity contribution >= 4 is 10.8 Å². The Morgan fingerprint density at radius 3 is 1.58 bits per heavy atom. The van der Waals surface area contributed by atoms with Gasteiger partial charge in [0.15, 0.2) is 0 Å². The minimum absolute atomic E-state index is 0.0604. The van der Waals surface area contributed by atoms with Gasteiger partial charge in [0.2, 0.25) is 0 Å². The summed E-state index contributed by atoms with van der Waals surface area (Å²) < 4.78 is 0. The number of nitrogens with one attached hydrogen (secondary N) is 2. The van der Waals surface area contributed by atoms with E-state index in [9.17, 15) is 5.11 Å². The molecule has 0 saturated heterocycles. The maximum atomic E-state index is 11.2. The molecule has 5 aromatic rings. The minimum atomic E-state index is -0.100. The summed E-state index contributed by atoms with van der Waals surface area (Å²) in [5.74, 6) is 0.324. The van der Waals surface area contributed by atoms with E-state index in [1.165, 1.54) is 16.7 Å². The monoisotopic (exact) mass is 500 g/mol. The van der Waals surface area contributed by atoms with Crippen LogP contribution in [0.4, 0.5) is 0 Å². The summed E-state index contributed by atoms with van der Waals surface area (Å²) in [7, 11) is 0. The van der Waals surface area contributed by atoms with Gasteiger partial charge in [0.1, 0.15) is 5.75 Å². The summed E-state index contributed by atoms with van der Waals surface area (Å²) >= 11 is 0. The maximum Gasteiger partial charge on any atom is 0.120 e. The topological polar surface area (TPSA) is 44.3 Å². The molecule has 0 heterocycles. The van der Waals surface area contributed by atoms with Gasteiger partial charge in [0.25, 0.3) is 0 Å². The Labute approximate surface area is 226 Å². The van der Waals surface area contributed by atoms with Crippen LogP contribution < -0.4 is 10.6 Å². The fourth-order valence-corrected chi connectivity index (χ4v) is 5.42. The average molecular weight is 501 g/mol. The van der Waals surface area contributed by atoms with Crippen LogP contribution in [0.25, 0.3) is 10.8 Å². The Morgan fingerprint density at radius 1 is 0.526 bits per heavy atom. The van der Waals surface area contributed by atoms with Crippen molar-refractivity contribution < 1.29 is 5.11 Å². The lowest BCUT2D eigenvalue weighted by Gasteiger charge is -2.32. The fraction of sp³-hybridized carbons (Fsp3) is 0.200. The molecule has 0 amide bonds. The van der Waals surface area contributed by atoms with Crippen LogP contribution in [0.3, 0.4) is 0 Å². The number of phenolic OH excluding ortho intramolecular Hbond substituents is 1. The van der Waals surface area contributed by atoms with Crippen LogP contribution in [0.15, 0.2) is 127 Å². The fourth-order valence-electron chi connectivity index (χ4n) is 5.42. The maximum absolute atomic E-state index is 11.2. The molecule has 5 rings (SSSR count). The lowest BCUT2D eigenvalue weighted by atomic mass is 9.89. The molecule has 0 fully saturated rings. The third-order valence-electron chi connectivity index (χ3n) is 7.47. The minimum Gasteiger partial charge on any atom is -0.508 e. The van der Waals surface area contributed by atoms with Crippen LogP contribution in [0.1, 0.15) is 66.7 Å². The highest BCUT2D eigenvalue weighted by molar-refractivity contribution is 5.88. The molecule has 5 aromatic carbocycles. The summed E-state index contributed by atoms with van der Waals surface area (Å²) in [6.07, 6.45) is 0.764. The van der Waals surface area contributed by atoms with E-state index in [0.717, 1.165) is 22.8 Å². The van der Waals surface area contributed by atoms with Gasteiger partial charge in [-0.25, -0.2) is 0 Å². The largest absolute Gasteiger partial charge is 0.508 e. The number of hydrogen-bond acceptors (Lipinski definition) is 3. The second-order valence-corrected chi connectivity index (χ2v) is 10.1. The van der Waals surface area contributed by atoms with Gasteiger partial charge in [-0.1, -0.05) is 121 Å². The van der Waals surface area contributed by atoms with E-state index in [2.05, 4.69) is 122 Å². The molecule has 0 radical (unpaired) electrons. The van der Waals surface area contributed by atoms with Gasteiger partial charge in [0, 0.05) is 29.7 Å². The molecule has 0 aliphatic carbocycles. The summed E-state index contributed by atoms with van der Waals surface area (Å²) in [6.45, 7) is 4.41. The lowest BCUT2D eigenvalue weighted by molar-refractivity contribution is 0.352. The highest BCUT2D eigenvalue weighted by atomic mass is 16.3. The standard InChI is InChI=1S/C35H36N2O/c1-25(27-14-6-3-7-15-27)36-32(30-19-10-5-11-20-30)24-33(37-26(2)28-16-8-4-9-17-28)35-31-21-13-12-18-29(31)22-23-34(35)38/h3-23,25-26,32-33,36-38H,24H2,1-2H3/t25-,26?,32-,33-/m1/s1. The lowest BCUT2D eigenvalue weighted by Crippen LogP contribution is -2.32. The molecule has 0 aliphatic rings. The molecule has 3 N–H and O–H groups in total. The van der Waals surface area contributed by atoms with Crippen LogP contribution >= 0.6 is 0 Å². The third kappa shape index (κ3) is 5.96. The first-order chi connectivity index (χ1) is 18.6. The van der Waals surface area contributed by atoms with E-state index >= 15 is 0 Å². The highest BCUT2D eigenvalue weighted by Gasteiger charge is 2.26. The van der Waals surface area contributed by atoms with Gasteiger partial charge in [-0.3, -0.25) is 0 Å². The highest BCUT2D eigenvalue weighted by Crippen LogP contribution is 2.39. The Bertz CT molecular complexity index is 1440. The van der Waals surface area contributed by atoms with Crippen LogP contribution in [0.5, 0.6) is 5.75 Å². The number of fused-ring (bicyclic) bond motifs is 1. The first-order valence-corrected chi connectivity index (χ1v) is 13.5. The van der Waals surface area contributed by atoms with E-state index in [1.807, 2.05) is 30.3 Å². The second kappa shape index (κ2) is 12.1. The molecule has 1 unspecified atom stereocenters. The first-order valence-electron chi connectivity index (χ1n) is 13.5. The number of phenols is 1. The summed E-state index contributed by atoms with van der Waals surface area (Å²) in [4.78, 5) is 0. The Morgan fingerprint density at radius 2 is 1.00 bits per heavy atom. The summed E-state index contributed by atoms with van der Waals surface area (Å²) in [5, 5.41) is 21.3. The van der Waals surface area contributed by atoms with Crippen LogP contribution in [-0.2, 0) is 0 Å². The molecule has 0 aromatic heterocycles. The molecule has 0 aliphatic heterocycles. The zero-order chi connectivity index (χ0) is 26.3. The van der Waals surface area contributed by atoms with Crippen molar-refractivity contribution in [1.82, 2.24) is 10.6 Å². The van der Waals surface area contributed by atoms with Crippen LogP contribution in [0, 0.1) is 0 Å². The Kier molecular flexibility index (Phi) is 8.18. The summed E-state index contributed by atoms with van der Waals surface area (Å²) in [6, 6.07) is 44.1. The second-order valence-electron chi connectivity index (χ2n) is 10.1. The normalized spacial score (nSPS) is 14.6. The molecule has 192 valence electrons. The SMILES string of the molecule is CC(N[C@H](C[C@@H](N[C@H](C)c1ccccc1)c1ccccc1)c1c(O)ccc2ccccc12)c1ccccc1. The van der Waals surface area contributed by atoms with Gasteiger partial charge in [-0.2, -0.15) is 0 Å². The molecular weight excluding hydrogens is 464 g/mol. The van der Waals surface area contributed by atoms with E-state index in [0.29, 0.717) is 5.75 Å². The third-order valence-corrected chi connectivity index (χ3v) is 7.47. The molecule has 4 atom stereocenters. The Balaban J connectivity index is 1.55. The first kappa shape index (κ1) is 25.7. The van der Waals surface area contributed by atoms with Crippen molar-refractivity contribution in [3.63, 3.8) is 0 Å². The molecule has 3 heteroatoms. The molecule has 0 spiro atoms. The molecule has 0 bridgehead atoms.